The standard InChI is InChI=1S/C27H50O2Si/c1-7-8-9-10-11-12-13-14-15-16-17-21-28-23-25-19-18-20-26(22-25)24-29-30(5,6)27(2,3)4/h18-20,22H,7-17,21,23-24H2,1-6H3. The molecule has 0 radical (unpaired) electrons. The first kappa shape index (κ1) is 27.4. The molecule has 0 atom stereocenters. The first-order valence-corrected chi connectivity index (χ1v) is 15.5. The Bertz CT molecular complexity index is 548. The molecule has 0 aromatic heterocycles. The van der Waals surface area contributed by atoms with Gasteiger partial charge in [-0.15, -0.1) is 0 Å². The molecule has 1 aromatic rings. The number of benzene rings is 1. The van der Waals surface area contributed by atoms with Crippen molar-refractivity contribution in [3.63, 3.8) is 0 Å². The lowest BCUT2D eigenvalue weighted by Crippen LogP contribution is -2.40. The summed E-state index contributed by atoms with van der Waals surface area (Å²) >= 11 is 0. The van der Waals surface area contributed by atoms with Crippen LogP contribution in [-0.2, 0) is 22.4 Å². The van der Waals surface area contributed by atoms with E-state index in [1.807, 2.05) is 0 Å². The third kappa shape index (κ3) is 12.3. The van der Waals surface area contributed by atoms with E-state index in [1.165, 1.54) is 81.8 Å². The van der Waals surface area contributed by atoms with Crippen molar-refractivity contribution >= 4 is 8.32 Å². The second-order valence-corrected chi connectivity index (χ2v) is 15.3. The quantitative estimate of drug-likeness (QED) is 0.180. The van der Waals surface area contributed by atoms with E-state index < -0.39 is 8.32 Å². The molecule has 2 nitrogen and oxygen atoms in total. The van der Waals surface area contributed by atoms with Crippen LogP contribution in [0.15, 0.2) is 24.3 Å². The van der Waals surface area contributed by atoms with Crippen molar-refractivity contribution in [3.8, 4) is 0 Å². The minimum atomic E-state index is -1.70. The molecule has 1 aromatic carbocycles. The molecule has 30 heavy (non-hydrogen) atoms. The van der Waals surface area contributed by atoms with Crippen LogP contribution in [0.2, 0.25) is 18.1 Å². The lowest BCUT2D eigenvalue weighted by atomic mass is 10.1. The zero-order valence-electron chi connectivity index (χ0n) is 21.0. The van der Waals surface area contributed by atoms with Gasteiger partial charge in [0.2, 0.25) is 0 Å². The zero-order chi connectivity index (χ0) is 22.3. The molecule has 174 valence electrons. The Hall–Kier alpha value is -0.643. The van der Waals surface area contributed by atoms with Gasteiger partial charge in [-0.25, -0.2) is 0 Å². The first-order chi connectivity index (χ1) is 14.3. The molecule has 0 fully saturated rings. The average Bonchev–Trinajstić information content (AvgIpc) is 2.69. The SMILES string of the molecule is CCCCCCCCCCCCCOCc1cccc(CO[Si](C)(C)C(C)(C)C)c1. The second-order valence-electron chi connectivity index (χ2n) is 10.5. The van der Waals surface area contributed by atoms with Crippen molar-refractivity contribution in [2.45, 2.75) is 130 Å². The van der Waals surface area contributed by atoms with E-state index in [4.69, 9.17) is 9.16 Å². The van der Waals surface area contributed by atoms with Crippen molar-refractivity contribution < 1.29 is 9.16 Å². The van der Waals surface area contributed by atoms with Crippen LogP contribution in [0.1, 0.15) is 109 Å². The smallest absolute Gasteiger partial charge is 0.192 e. The van der Waals surface area contributed by atoms with Crippen LogP contribution in [0.5, 0.6) is 0 Å². The number of hydrogen-bond donors (Lipinski definition) is 0. The van der Waals surface area contributed by atoms with E-state index in [0.29, 0.717) is 13.2 Å². The van der Waals surface area contributed by atoms with Gasteiger partial charge >= 0.3 is 0 Å². The summed E-state index contributed by atoms with van der Waals surface area (Å²) in [4.78, 5) is 0. The van der Waals surface area contributed by atoms with E-state index in [1.54, 1.807) is 0 Å². The minimum Gasteiger partial charge on any atom is -0.413 e. The maximum absolute atomic E-state index is 6.36. The highest BCUT2D eigenvalue weighted by Crippen LogP contribution is 2.37. The summed E-state index contributed by atoms with van der Waals surface area (Å²) in [7, 11) is -1.70. The van der Waals surface area contributed by atoms with Crippen molar-refractivity contribution in [1.29, 1.82) is 0 Å². The van der Waals surface area contributed by atoms with E-state index in [0.717, 1.165) is 6.61 Å². The van der Waals surface area contributed by atoms with Crippen LogP contribution in [0, 0.1) is 0 Å². The Morgan fingerprint density at radius 3 is 1.77 bits per heavy atom. The third-order valence-electron chi connectivity index (χ3n) is 6.56. The van der Waals surface area contributed by atoms with Crippen LogP contribution in [0.25, 0.3) is 0 Å². The minimum absolute atomic E-state index is 0.252. The van der Waals surface area contributed by atoms with Gasteiger partial charge in [-0.1, -0.05) is 116 Å². The molecule has 0 heterocycles. The summed E-state index contributed by atoms with van der Waals surface area (Å²) in [5.74, 6) is 0. The van der Waals surface area contributed by atoms with Crippen LogP contribution in [0.3, 0.4) is 0 Å². The highest BCUT2D eigenvalue weighted by Gasteiger charge is 2.36. The molecular weight excluding hydrogens is 384 g/mol. The summed E-state index contributed by atoms with van der Waals surface area (Å²) in [5, 5.41) is 0.252. The van der Waals surface area contributed by atoms with E-state index >= 15 is 0 Å². The molecular formula is C27H50O2Si. The van der Waals surface area contributed by atoms with Crippen molar-refractivity contribution in [3.05, 3.63) is 35.4 Å². The number of unbranched alkanes of at least 4 members (excludes halogenated alkanes) is 10. The molecule has 0 saturated carbocycles. The Morgan fingerprint density at radius 1 is 0.733 bits per heavy atom. The number of rotatable bonds is 17. The topological polar surface area (TPSA) is 18.5 Å². The molecule has 0 bridgehead atoms. The number of ether oxygens (including phenoxy) is 1. The molecule has 0 aliphatic carbocycles. The van der Waals surface area contributed by atoms with Gasteiger partial charge in [0.05, 0.1) is 13.2 Å². The zero-order valence-corrected chi connectivity index (χ0v) is 22.0. The van der Waals surface area contributed by atoms with Crippen LogP contribution < -0.4 is 0 Å². The van der Waals surface area contributed by atoms with Gasteiger partial charge in [0.15, 0.2) is 8.32 Å². The van der Waals surface area contributed by atoms with Crippen molar-refractivity contribution in [2.75, 3.05) is 6.61 Å². The lowest BCUT2D eigenvalue weighted by molar-refractivity contribution is 0.116. The summed E-state index contributed by atoms with van der Waals surface area (Å²) in [6.07, 6.45) is 15.1. The molecule has 1 rings (SSSR count). The summed E-state index contributed by atoms with van der Waals surface area (Å²) < 4.78 is 12.3. The molecule has 0 aliphatic heterocycles. The van der Waals surface area contributed by atoms with Gasteiger partial charge in [0.1, 0.15) is 0 Å². The van der Waals surface area contributed by atoms with Gasteiger partial charge in [-0.05, 0) is 35.7 Å². The van der Waals surface area contributed by atoms with Gasteiger partial charge < -0.3 is 9.16 Å². The lowest BCUT2D eigenvalue weighted by Gasteiger charge is -2.36. The fourth-order valence-electron chi connectivity index (χ4n) is 3.35. The third-order valence-corrected chi connectivity index (χ3v) is 11.0. The summed E-state index contributed by atoms with van der Waals surface area (Å²) in [6.45, 7) is 16.1. The highest BCUT2D eigenvalue weighted by molar-refractivity contribution is 6.74. The maximum atomic E-state index is 6.36. The Balaban J connectivity index is 2.09. The van der Waals surface area contributed by atoms with Crippen molar-refractivity contribution in [1.82, 2.24) is 0 Å². The normalized spacial score (nSPS) is 12.5. The largest absolute Gasteiger partial charge is 0.413 e. The van der Waals surface area contributed by atoms with E-state index in [-0.39, 0.29) is 5.04 Å². The van der Waals surface area contributed by atoms with Crippen molar-refractivity contribution in [2.24, 2.45) is 0 Å². The molecule has 0 unspecified atom stereocenters. The van der Waals surface area contributed by atoms with Gasteiger partial charge in [0, 0.05) is 6.61 Å². The summed E-state index contributed by atoms with van der Waals surface area (Å²) in [6, 6.07) is 8.70. The fourth-order valence-corrected chi connectivity index (χ4v) is 4.31. The van der Waals surface area contributed by atoms with Crippen LogP contribution >= 0.6 is 0 Å². The van der Waals surface area contributed by atoms with Gasteiger partial charge in [-0.3, -0.25) is 0 Å². The molecule has 0 amide bonds. The fraction of sp³-hybridized carbons (Fsp3) is 0.778. The predicted octanol–water partition coefficient (Wildman–Crippen LogP) is 9.04. The van der Waals surface area contributed by atoms with Crippen LogP contribution in [0.4, 0.5) is 0 Å². The maximum Gasteiger partial charge on any atom is 0.192 e. The number of hydrogen-bond acceptors (Lipinski definition) is 2. The monoisotopic (exact) mass is 434 g/mol. The molecule has 0 spiro atoms. The van der Waals surface area contributed by atoms with E-state index in [9.17, 15) is 0 Å². The molecule has 3 heteroatoms. The highest BCUT2D eigenvalue weighted by atomic mass is 28.4. The average molecular weight is 435 g/mol. The first-order valence-electron chi connectivity index (χ1n) is 12.6. The summed E-state index contributed by atoms with van der Waals surface area (Å²) in [5.41, 5.74) is 2.52. The van der Waals surface area contributed by atoms with Gasteiger partial charge in [-0.2, -0.15) is 0 Å². The molecule has 0 aliphatic rings. The molecule has 0 saturated heterocycles. The Morgan fingerprint density at radius 2 is 1.23 bits per heavy atom. The predicted molar refractivity (Wildman–Crippen MR) is 135 cm³/mol. The van der Waals surface area contributed by atoms with E-state index in [2.05, 4.69) is 65.1 Å². The van der Waals surface area contributed by atoms with Crippen LogP contribution in [-0.4, -0.2) is 14.9 Å². The Labute approximate surface area is 189 Å². The van der Waals surface area contributed by atoms with Gasteiger partial charge in [0.25, 0.3) is 0 Å². The molecule has 0 N–H and O–H groups in total. The Kier molecular flexibility index (Phi) is 13.9. The second kappa shape index (κ2) is 15.2.